The normalized spacial score (nSPS) is 10.5. The fourth-order valence-electron chi connectivity index (χ4n) is 2.75. The van der Waals surface area contributed by atoms with Crippen LogP contribution in [0.4, 0.5) is 0 Å². The van der Waals surface area contributed by atoms with Gasteiger partial charge in [0.1, 0.15) is 5.56 Å². The number of benzene rings is 2. The maximum atomic E-state index is 12.0. The summed E-state index contributed by atoms with van der Waals surface area (Å²) in [5.41, 5.74) is 8.76. The fourth-order valence-corrected chi connectivity index (χ4v) is 2.75. The Labute approximate surface area is 140 Å². The number of carbonyl (C=O) groups is 1. The van der Waals surface area contributed by atoms with E-state index >= 15 is 0 Å². The first kappa shape index (κ1) is 15.7. The molecule has 0 spiro atoms. The minimum absolute atomic E-state index is 0.0273. The number of hydrogen-bond donors (Lipinski definition) is 2. The van der Waals surface area contributed by atoms with E-state index in [2.05, 4.69) is 23.2 Å². The molecule has 120 valence electrons. The van der Waals surface area contributed by atoms with Gasteiger partial charge in [-0.2, -0.15) is 0 Å². The van der Waals surface area contributed by atoms with Crippen molar-refractivity contribution >= 4 is 5.91 Å². The zero-order chi connectivity index (χ0) is 16.9. The Balaban J connectivity index is 1.90. The van der Waals surface area contributed by atoms with Crippen LogP contribution in [0.2, 0.25) is 0 Å². The molecule has 0 unspecified atom stereocenters. The van der Waals surface area contributed by atoms with Gasteiger partial charge in [-0.25, -0.2) is 0 Å². The molecule has 0 fully saturated rings. The second kappa shape index (κ2) is 6.96. The molecule has 4 nitrogen and oxygen atoms in total. The first-order chi connectivity index (χ1) is 11.6. The van der Waals surface area contributed by atoms with Crippen molar-refractivity contribution in [3.05, 3.63) is 93.8 Å². The van der Waals surface area contributed by atoms with Crippen LogP contribution in [-0.4, -0.2) is 10.9 Å². The molecule has 2 aromatic carbocycles. The molecule has 1 aromatic heterocycles. The summed E-state index contributed by atoms with van der Waals surface area (Å²) in [5.74, 6) is -0.722. The van der Waals surface area contributed by atoms with E-state index in [1.807, 2.05) is 36.4 Å². The number of primary amides is 1. The Morgan fingerprint density at radius 3 is 2.29 bits per heavy atom. The number of amides is 1. The zero-order valence-corrected chi connectivity index (χ0v) is 13.2. The van der Waals surface area contributed by atoms with E-state index in [-0.39, 0.29) is 5.56 Å². The molecule has 0 radical (unpaired) electrons. The molecule has 3 aromatic rings. The minimum Gasteiger partial charge on any atom is -0.365 e. The van der Waals surface area contributed by atoms with Crippen molar-refractivity contribution in [3.63, 3.8) is 0 Å². The predicted molar refractivity (Wildman–Crippen MR) is 94.9 cm³/mol. The number of aromatic nitrogens is 1. The molecule has 0 saturated heterocycles. The lowest BCUT2D eigenvalue weighted by Crippen LogP contribution is -2.23. The summed E-state index contributed by atoms with van der Waals surface area (Å²) < 4.78 is 0. The summed E-state index contributed by atoms with van der Waals surface area (Å²) in [6.07, 6.45) is 1.78. The van der Waals surface area contributed by atoms with Crippen LogP contribution in [0.25, 0.3) is 11.3 Å². The molecule has 0 aliphatic rings. The number of pyridine rings is 1. The molecule has 24 heavy (non-hydrogen) atoms. The van der Waals surface area contributed by atoms with Gasteiger partial charge in [0.2, 0.25) is 0 Å². The van der Waals surface area contributed by atoms with Crippen LogP contribution in [0.15, 0.2) is 71.5 Å². The van der Waals surface area contributed by atoms with Gasteiger partial charge in [-0.1, -0.05) is 54.6 Å². The topological polar surface area (TPSA) is 76.0 Å². The molecule has 3 N–H and O–H groups in total. The van der Waals surface area contributed by atoms with Gasteiger partial charge in [-0.3, -0.25) is 9.59 Å². The van der Waals surface area contributed by atoms with E-state index in [0.29, 0.717) is 5.69 Å². The number of hydrogen-bond acceptors (Lipinski definition) is 2. The fraction of sp³-hybridized carbons (Fsp3) is 0.100. The van der Waals surface area contributed by atoms with Crippen molar-refractivity contribution in [2.24, 2.45) is 5.73 Å². The quantitative estimate of drug-likeness (QED) is 0.759. The predicted octanol–water partition coefficient (Wildman–Crippen LogP) is 2.93. The Kier molecular flexibility index (Phi) is 4.57. The largest absolute Gasteiger partial charge is 0.365 e. The highest BCUT2D eigenvalue weighted by molar-refractivity contribution is 5.92. The summed E-state index contributed by atoms with van der Waals surface area (Å²) in [6, 6.07) is 21.4. The second-order valence-electron chi connectivity index (χ2n) is 5.62. The summed E-state index contributed by atoms with van der Waals surface area (Å²) >= 11 is 0. The van der Waals surface area contributed by atoms with E-state index in [9.17, 15) is 9.59 Å². The van der Waals surface area contributed by atoms with Crippen LogP contribution in [-0.2, 0) is 12.8 Å². The lowest BCUT2D eigenvalue weighted by molar-refractivity contribution is 0.0999. The Bertz CT molecular complexity index is 914. The van der Waals surface area contributed by atoms with Crippen molar-refractivity contribution in [1.82, 2.24) is 4.98 Å². The molecule has 0 aliphatic heterocycles. The third kappa shape index (κ3) is 3.43. The molecule has 0 saturated carbocycles. The van der Waals surface area contributed by atoms with E-state index in [4.69, 9.17) is 5.73 Å². The Hall–Kier alpha value is -3.14. The van der Waals surface area contributed by atoms with E-state index in [0.717, 1.165) is 24.0 Å². The second-order valence-corrected chi connectivity index (χ2v) is 5.62. The lowest BCUT2D eigenvalue weighted by atomic mass is 9.97. The first-order valence-corrected chi connectivity index (χ1v) is 7.80. The molecule has 1 heterocycles. The number of rotatable bonds is 5. The molecule has 0 bridgehead atoms. The van der Waals surface area contributed by atoms with Crippen LogP contribution >= 0.6 is 0 Å². The van der Waals surface area contributed by atoms with E-state index in [1.165, 1.54) is 11.6 Å². The molecule has 1 amide bonds. The monoisotopic (exact) mass is 318 g/mol. The van der Waals surface area contributed by atoms with Crippen LogP contribution in [0.5, 0.6) is 0 Å². The summed E-state index contributed by atoms with van der Waals surface area (Å²) in [5, 5.41) is 0. The Morgan fingerprint density at radius 2 is 1.58 bits per heavy atom. The van der Waals surface area contributed by atoms with Crippen molar-refractivity contribution in [2.45, 2.75) is 12.8 Å². The summed E-state index contributed by atoms with van der Waals surface area (Å²) in [7, 11) is 0. The summed E-state index contributed by atoms with van der Waals surface area (Å²) in [6.45, 7) is 0. The standard InChI is InChI=1S/C20H18N2O2/c21-19(23)17-12-13-18(22-20(17)24)16-9-5-4-8-15(16)11-10-14-6-2-1-3-7-14/h1-9,12-13H,10-11H2,(H2,21,23)(H,22,24). The SMILES string of the molecule is NC(=O)c1ccc(-c2ccccc2CCc2ccccc2)[nH]c1=O. The van der Waals surface area contributed by atoms with Gasteiger partial charge in [-0.15, -0.1) is 0 Å². The molecule has 0 aliphatic carbocycles. The highest BCUT2D eigenvalue weighted by Gasteiger charge is 2.10. The van der Waals surface area contributed by atoms with Gasteiger partial charge >= 0.3 is 0 Å². The molecule has 3 rings (SSSR count). The van der Waals surface area contributed by atoms with Crippen molar-refractivity contribution in [3.8, 4) is 11.3 Å². The molecular formula is C20H18N2O2. The van der Waals surface area contributed by atoms with Gasteiger partial charge in [0, 0.05) is 11.3 Å². The van der Waals surface area contributed by atoms with Crippen LogP contribution in [0, 0.1) is 0 Å². The molecule has 4 heteroatoms. The third-order valence-corrected chi connectivity index (χ3v) is 4.01. The number of aromatic amines is 1. The minimum atomic E-state index is -0.722. The highest BCUT2D eigenvalue weighted by Crippen LogP contribution is 2.22. The number of nitrogens with one attached hydrogen (secondary N) is 1. The number of nitrogens with two attached hydrogens (primary N) is 1. The van der Waals surface area contributed by atoms with E-state index < -0.39 is 11.5 Å². The van der Waals surface area contributed by atoms with Crippen LogP contribution < -0.4 is 11.3 Å². The maximum absolute atomic E-state index is 12.0. The lowest BCUT2D eigenvalue weighted by Gasteiger charge is -2.10. The van der Waals surface area contributed by atoms with Crippen molar-refractivity contribution in [1.29, 1.82) is 0 Å². The zero-order valence-electron chi connectivity index (χ0n) is 13.2. The highest BCUT2D eigenvalue weighted by atomic mass is 16.2. The van der Waals surface area contributed by atoms with Crippen molar-refractivity contribution < 1.29 is 4.79 Å². The van der Waals surface area contributed by atoms with Gasteiger partial charge in [0.05, 0.1) is 0 Å². The van der Waals surface area contributed by atoms with Crippen LogP contribution in [0.3, 0.4) is 0 Å². The van der Waals surface area contributed by atoms with Crippen LogP contribution in [0.1, 0.15) is 21.5 Å². The average Bonchev–Trinajstić information content (AvgIpc) is 2.60. The summed E-state index contributed by atoms with van der Waals surface area (Å²) in [4.78, 5) is 25.9. The van der Waals surface area contributed by atoms with E-state index in [1.54, 1.807) is 6.07 Å². The van der Waals surface area contributed by atoms with Gasteiger partial charge in [0.15, 0.2) is 0 Å². The van der Waals surface area contributed by atoms with Gasteiger partial charge in [-0.05, 0) is 36.1 Å². The molecular weight excluding hydrogens is 300 g/mol. The number of aryl methyl sites for hydroxylation is 2. The van der Waals surface area contributed by atoms with Gasteiger partial charge in [0.25, 0.3) is 11.5 Å². The number of carbonyl (C=O) groups excluding carboxylic acids is 1. The van der Waals surface area contributed by atoms with Gasteiger partial charge < -0.3 is 10.7 Å². The third-order valence-electron chi connectivity index (χ3n) is 4.01. The smallest absolute Gasteiger partial charge is 0.261 e. The molecule has 0 atom stereocenters. The number of H-pyrrole nitrogens is 1. The van der Waals surface area contributed by atoms with Crippen molar-refractivity contribution in [2.75, 3.05) is 0 Å². The first-order valence-electron chi connectivity index (χ1n) is 7.80. The average molecular weight is 318 g/mol. The Morgan fingerprint density at radius 1 is 0.875 bits per heavy atom. The maximum Gasteiger partial charge on any atom is 0.261 e.